The van der Waals surface area contributed by atoms with Gasteiger partial charge in [0.2, 0.25) is 0 Å². The van der Waals surface area contributed by atoms with Crippen LogP contribution in [0.15, 0.2) is 0 Å². The highest BCUT2D eigenvalue weighted by Crippen LogP contribution is 2.28. The summed E-state index contributed by atoms with van der Waals surface area (Å²) in [4.78, 5) is 8.80. The highest BCUT2D eigenvalue weighted by Gasteiger charge is 2.28. The lowest BCUT2D eigenvalue weighted by Crippen LogP contribution is -2.41. The Morgan fingerprint density at radius 3 is 2.61 bits per heavy atom. The van der Waals surface area contributed by atoms with Gasteiger partial charge in [-0.3, -0.25) is 0 Å². The molecule has 0 spiro atoms. The molecule has 1 saturated heterocycles. The Bertz CT molecular complexity index is 430. The van der Waals surface area contributed by atoms with Crippen LogP contribution in [0.1, 0.15) is 38.1 Å². The van der Waals surface area contributed by atoms with Crippen molar-refractivity contribution < 1.29 is 4.74 Å². The summed E-state index contributed by atoms with van der Waals surface area (Å²) < 4.78 is 5.40. The van der Waals surface area contributed by atoms with Crippen LogP contribution in [0.3, 0.4) is 0 Å². The first-order valence-electron chi connectivity index (χ1n) is 6.43. The van der Waals surface area contributed by atoms with Gasteiger partial charge in [0, 0.05) is 30.7 Å². The molecule has 1 aliphatic rings. The number of ether oxygens (including phenoxy) is 1. The van der Waals surface area contributed by atoms with Crippen LogP contribution in [0, 0.1) is 6.92 Å². The molecule has 0 aromatic carbocycles. The molecule has 5 heteroatoms. The molecule has 18 heavy (non-hydrogen) atoms. The Morgan fingerprint density at radius 2 is 2.00 bits per heavy atom. The third-order valence-corrected chi connectivity index (χ3v) is 3.83. The van der Waals surface area contributed by atoms with Crippen LogP contribution in [0.2, 0.25) is 5.15 Å². The maximum atomic E-state index is 6.15. The van der Waals surface area contributed by atoms with Crippen molar-refractivity contribution in [1.82, 2.24) is 9.97 Å². The third-order valence-electron chi connectivity index (χ3n) is 3.47. The number of rotatable bonds is 3. The van der Waals surface area contributed by atoms with E-state index in [-0.39, 0.29) is 5.54 Å². The zero-order valence-corrected chi connectivity index (χ0v) is 12.0. The van der Waals surface area contributed by atoms with Crippen LogP contribution < -0.4 is 5.32 Å². The Morgan fingerprint density at radius 1 is 1.33 bits per heavy atom. The van der Waals surface area contributed by atoms with Gasteiger partial charge in [-0.15, -0.1) is 0 Å². The Kier molecular flexibility index (Phi) is 4.07. The van der Waals surface area contributed by atoms with Gasteiger partial charge in [0.15, 0.2) is 0 Å². The average molecular weight is 270 g/mol. The second kappa shape index (κ2) is 5.41. The van der Waals surface area contributed by atoms with Crippen LogP contribution in [0.25, 0.3) is 0 Å². The van der Waals surface area contributed by atoms with Gasteiger partial charge in [-0.2, -0.15) is 0 Å². The quantitative estimate of drug-likeness (QED) is 0.857. The number of hydrogen-bond acceptors (Lipinski definition) is 4. The second-order valence-corrected chi connectivity index (χ2v) is 5.41. The van der Waals surface area contributed by atoms with Crippen LogP contribution in [-0.4, -0.2) is 28.7 Å². The van der Waals surface area contributed by atoms with Gasteiger partial charge >= 0.3 is 0 Å². The molecule has 0 atom stereocenters. The van der Waals surface area contributed by atoms with Crippen LogP contribution in [-0.2, 0) is 11.2 Å². The van der Waals surface area contributed by atoms with Crippen LogP contribution >= 0.6 is 11.6 Å². The summed E-state index contributed by atoms with van der Waals surface area (Å²) in [7, 11) is 0. The summed E-state index contributed by atoms with van der Waals surface area (Å²) in [5, 5.41) is 4.07. The van der Waals surface area contributed by atoms with E-state index < -0.39 is 0 Å². The fraction of sp³-hybridized carbons (Fsp3) is 0.692. The predicted molar refractivity (Wildman–Crippen MR) is 73.2 cm³/mol. The number of nitrogens with zero attached hydrogens (tertiary/aromatic N) is 2. The van der Waals surface area contributed by atoms with Crippen molar-refractivity contribution in [1.29, 1.82) is 0 Å². The Balaban J connectivity index is 2.24. The molecular weight excluding hydrogens is 250 g/mol. The van der Waals surface area contributed by atoms with Crippen molar-refractivity contribution in [2.45, 2.75) is 45.6 Å². The molecule has 0 radical (unpaired) electrons. The van der Waals surface area contributed by atoms with E-state index in [1.165, 1.54) is 0 Å². The summed E-state index contributed by atoms with van der Waals surface area (Å²) >= 11 is 6.15. The zero-order chi connectivity index (χ0) is 13.2. The minimum absolute atomic E-state index is 0.0334. The van der Waals surface area contributed by atoms with Crippen LogP contribution in [0.4, 0.5) is 5.82 Å². The fourth-order valence-corrected chi connectivity index (χ4v) is 2.23. The fourth-order valence-electron chi connectivity index (χ4n) is 2.05. The topological polar surface area (TPSA) is 47.0 Å². The first-order chi connectivity index (χ1) is 8.54. The summed E-state index contributed by atoms with van der Waals surface area (Å²) in [5.41, 5.74) is 0.952. The van der Waals surface area contributed by atoms with Crippen molar-refractivity contribution in [3.63, 3.8) is 0 Å². The minimum atomic E-state index is 0.0334. The van der Waals surface area contributed by atoms with Crippen molar-refractivity contribution in [2.24, 2.45) is 0 Å². The van der Waals surface area contributed by atoms with E-state index in [1.54, 1.807) is 0 Å². The van der Waals surface area contributed by atoms with Gasteiger partial charge in [0.05, 0.1) is 0 Å². The standard InChI is InChI=1S/C13H20ClN3O/c1-4-10-15-11(14)9(2)12(16-10)17-13(3)5-7-18-8-6-13/h4-8H2,1-3H3,(H,15,16,17). The predicted octanol–water partition coefficient (Wildman–Crippen LogP) is 2.98. The Labute approximate surface area is 113 Å². The number of nitrogens with one attached hydrogen (secondary N) is 1. The number of halogens is 1. The number of hydrogen-bond donors (Lipinski definition) is 1. The lowest BCUT2D eigenvalue weighted by atomic mass is 9.92. The maximum Gasteiger partial charge on any atom is 0.137 e. The van der Waals surface area contributed by atoms with E-state index >= 15 is 0 Å². The Hall–Kier alpha value is -0.870. The van der Waals surface area contributed by atoms with E-state index in [9.17, 15) is 0 Å². The molecule has 100 valence electrons. The van der Waals surface area contributed by atoms with Crippen molar-refractivity contribution in [3.8, 4) is 0 Å². The number of anilines is 1. The summed E-state index contributed by atoms with van der Waals surface area (Å²) in [6.45, 7) is 7.77. The van der Waals surface area contributed by atoms with E-state index in [2.05, 4.69) is 22.2 Å². The monoisotopic (exact) mass is 269 g/mol. The minimum Gasteiger partial charge on any atom is -0.381 e. The molecular formula is C13H20ClN3O. The normalized spacial score (nSPS) is 18.7. The summed E-state index contributed by atoms with van der Waals surface area (Å²) in [6, 6.07) is 0. The molecule has 0 bridgehead atoms. The summed E-state index contributed by atoms with van der Waals surface area (Å²) in [6.07, 6.45) is 2.75. The molecule has 1 N–H and O–H groups in total. The molecule has 2 heterocycles. The molecule has 1 fully saturated rings. The largest absolute Gasteiger partial charge is 0.381 e. The smallest absolute Gasteiger partial charge is 0.137 e. The van der Waals surface area contributed by atoms with Gasteiger partial charge < -0.3 is 10.1 Å². The SMILES string of the molecule is CCc1nc(Cl)c(C)c(NC2(C)CCOCC2)n1. The number of aromatic nitrogens is 2. The van der Waals surface area contributed by atoms with E-state index in [0.29, 0.717) is 5.15 Å². The first-order valence-corrected chi connectivity index (χ1v) is 6.81. The molecule has 1 aliphatic heterocycles. The lowest BCUT2D eigenvalue weighted by molar-refractivity contribution is 0.0657. The lowest BCUT2D eigenvalue weighted by Gasteiger charge is -2.35. The molecule has 1 aromatic rings. The van der Waals surface area contributed by atoms with Gasteiger partial charge in [-0.05, 0) is 26.7 Å². The highest BCUT2D eigenvalue weighted by atomic mass is 35.5. The summed E-state index contributed by atoms with van der Waals surface area (Å²) in [5.74, 6) is 1.64. The molecule has 0 unspecified atom stereocenters. The average Bonchev–Trinajstić information content (AvgIpc) is 2.35. The van der Waals surface area contributed by atoms with Gasteiger partial charge in [-0.25, -0.2) is 9.97 Å². The van der Waals surface area contributed by atoms with Crippen LogP contribution in [0.5, 0.6) is 0 Å². The molecule has 0 amide bonds. The van der Waals surface area contributed by atoms with Gasteiger partial charge in [0.1, 0.15) is 16.8 Å². The van der Waals surface area contributed by atoms with E-state index in [4.69, 9.17) is 16.3 Å². The molecule has 4 nitrogen and oxygen atoms in total. The van der Waals surface area contributed by atoms with E-state index in [0.717, 1.165) is 49.7 Å². The maximum absolute atomic E-state index is 6.15. The highest BCUT2D eigenvalue weighted by molar-refractivity contribution is 6.30. The molecule has 0 saturated carbocycles. The van der Waals surface area contributed by atoms with Crippen molar-refractivity contribution in [2.75, 3.05) is 18.5 Å². The van der Waals surface area contributed by atoms with Crippen molar-refractivity contribution >= 4 is 17.4 Å². The second-order valence-electron chi connectivity index (χ2n) is 5.06. The van der Waals surface area contributed by atoms with E-state index in [1.807, 2.05) is 13.8 Å². The molecule has 1 aromatic heterocycles. The molecule has 0 aliphatic carbocycles. The van der Waals surface area contributed by atoms with Gasteiger partial charge in [0.25, 0.3) is 0 Å². The van der Waals surface area contributed by atoms with Gasteiger partial charge in [-0.1, -0.05) is 18.5 Å². The van der Waals surface area contributed by atoms with Crippen molar-refractivity contribution in [3.05, 3.63) is 16.5 Å². The first kappa shape index (κ1) is 13.6. The third kappa shape index (κ3) is 2.93. The number of aryl methyl sites for hydroxylation is 1. The molecule has 2 rings (SSSR count). The zero-order valence-electron chi connectivity index (χ0n) is 11.2.